The van der Waals surface area contributed by atoms with Gasteiger partial charge in [0.1, 0.15) is 0 Å². The molecule has 2 nitrogen and oxygen atoms in total. The first kappa shape index (κ1) is 15.4. The Morgan fingerprint density at radius 2 is 1.95 bits per heavy atom. The molecule has 2 N–H and O–H groups in total. The van der Waals surface area contributed by atoms with E-state index < -0.39 is 0 Å². The van der Waals surface area contributed by atoms with Crippen LogP contribution in [0.4, 0.5) is 5.69 Å². The summed E-state index contributed by atoms with van der Waals surface area (Å²) in [7, 11) is 2.27. The van der Waals surface area contributed by atoms with Gasteiger partial charge in [0.15, 0.2) is 0 Å². The van der Waals surface area contributed by atoms with E-state index in [1.54, 1.807) is 0 Å². The largest absolute Gasteiger partial charge is 0.371 e. The number of para-hydroxylation sites is 1. The molecule has 0 heterocycles. The minimum atomic E-state index is 0.272. The van der Waals surface area contributed by atoms with Crippen molar-refractivity contribution in [3.63, 3.8) is 0 Å². The molecule has 0 amide bonds. The monoisotopic (exact) mass is 274 g/mol. The number of anilines is 1. The Kier molecular flexibility index (Phi) is 5.47. The number of benzene rings is 1. The van der Waals surface area contributed by atoms with Crippen molar-refractivity contribution in [3.05, 3.63) is 29.8 Å². The lowest BCUT2D eigenvalue weighted by Gasteiger charge is -2.38. The van der Waals surface area contributed by atoms with Gasteiger partial charge in [-0.05, 0) is 43.2 Å². The highest BCUT2D eigenvalue weighted by atomic mass is 15.1. The van der Waals surface area contributed by atoms with E-state index in [0.29, 0.717) is 6.04 Å². The molecule has 1 aromatic rings. The molecule has 1 saturated carbocycles. The van der Waals surface area contributed by atoms with Crippen molar-refractivity contribution in [2.45, 2.75) is 64.5 Å². The second-order valence-corrected chi connectivity index (χ2v) is 6.44. The number of nitrogens with two attached hydrogens (primary N) is 1. The highest BCUT2D eigenvalue weighted by Gasteiger charge is 2.26. The number of rotatable bonds is 5. The zero-order valence-electron chi connectivity index (χ0n) is 13.3. The first-order valence-electron chi connectivity index (χ1n) is 8.19. The molecule has 1 fully saturated rings. The Labute approximate surface area is 124 Å². The normalized spacial score (nSPS) is 24.4. The van der Waals surface area contributed by atoms with Crippen LogP contribution in [0.3, 0.4) is 0 Å². The van der Waals surface area contributed by atoms with Crippen LogP contribution in [0.1, 0.15) is 51.5 Å². The molecule has 2 heteroatoms. The maximum absolute atomic E-state index is 6.16. The summed E-state index contributed by atoms with van der Waals surface area (Å²) in [5, 5.41) is 0. The van der Waals surface area contributed by atoms with Gasteiger partial charge in [0.2, 0.25) is 0 Å². The Hall–Kier alpha value is -1.02. The number of hydrogen-bond acceptors (Lipinski definition) is 2. The van der Waals surface area contributed by atoms with E-state index in [1.165, 1.54) is 36.9 Å². The van der Waals surface area contributed by atoms with E-state index in [2.05, 4.69) is 50.1 Å². The van der Waals surface area contributed by atoms with Crippen LogP contribution in [-0.2, 0) is 6.42 Å². The molecule has 0 radical (unpaired) electrons. The maximum atomic E-state index is 6.16. The molecule has 3 unspecified atom stereocenters. The van der Waals surface area contributed by atoms with E-state index in [9.17, 15) is 0 Å². The summed E-state index contributed by atoms with van der Waals surface area (Å²) < 4.78 is 0. The van der Waals surface area contributed by atoms with Gasteiger partial charge in [-0.1, -0.05) is 44.9 Å². The molecular weight excluding hydrogens is 244 g/mol. The Morgan fingerprint density at radius 3 is 2.65 bits per heavy atom. The first-order valence-corrected chi connectivity index (χ1v) is 8.19. The third-order valence-corrected chi connectivity index (χ3v) is 4.94. The van der Waals surface area contributed by atoms with Gasteiger partial charge in [0.25, 0.3) is 0 Å². The Bertz CT molecular complexity index is 416. The van der Waals surface area contributed by atoms with Crippen molar-refractivity contribution in [2.75, 3.05) is 11.9 Å². The van der Waals surface area contributed by atoms with Gasteiger partial charge in [-0.2, -0.15) is 0 Å². The molecule has 2 rings (SSSR count). The van der Waals surface area contributed by atoms with Crippen LogP contribution in [0, 0.1) is 5.92 Å². The van der Waals surface area contributed by atoms with Crippen LogP contribution in [0.2, 0.25) is 0 Å². The third-order valence-electron chi connectivity index (χ3n) is 4.94. The predicted octanol–water partition coefficient (Wildman–Crippen LogP) is 3.98. The maximum Gasteiger partial charge on any atom is 0.0399 e. The molecule has 0 saturated heterocycles. The summed E-state index contributed by atoms with van der Waals surface area (Å²) in [6.07, 6.45) is 7.48. The van der Waals surface area contributed by atoms with Crippen LogP contribution in [-0.4, -0.2) is 19.1 Å². The van der Waals surface area contributed by atoms with Crippen LogP contribution in [0.25, 0.3) is 0 Å². The molecular formula is C18H30N2. The van der Waals surface area contributed by atoms with E-state index in [0.717, 1.165) is 18.8 Å². The van der Waals surface area contributed by atoms with Gasteiger partial charge < -0.3 is 10.6 Å². The Balaban J connectivity index is 2.18. The summed E-state index contributed by atoms with van der Waals surface area (Å²) in [5.41, 5.74) is 8.95. The van der Waals surface area contributed by atoms with Crippen molar-refractivity contribution >= 4 is 5.69 Å². The smallest absolute Gasteiger partial charge is 0.0399 e. The Morgan fingerprint density at radius 1 is 1.25 bits per heavy atom. The highest BCUT2D eigenvalue weighted by Crippen LogP contribution is 2.32. The van der Waals surface area contributed by atoms with E-state index >= 15 is 0 Å². The average molecular weight is 274 g/mol. The second kappa shape index (κ2) is 7.12. The molecule has 1 aliphatic carbocycles. The fourth-order valence-electron chi connectivity index (χ4n) is 3.51. The van der Waals surface area contributed by atoms with Crippen molar-refractivity contribution in [1.82, 2.24) is 0 Å². The molecule has 0 spiro atoms. The molecule has 1 aliphatic rings. The molecule has 1 aromatic carbocycles. The van der Waals surface area contributed by atoms with Crippen molar-refractivity contribution in [1.29, 1.82) is 0 Å². The lowest BCUT2D eigenvalue weighted by molar-refractivity contribution is 0.321. The van der Waals surface area contributed by atoms with Crippen molar-refractivity contribution < 1.29 is 0 Å². The second-order valence-electron chi connectivity index (χ2n) is 6.44. The molecule has 20 heavy (non-hydrogen) atoms. The first-order chi connectivity index (χ1) is 9.63. The zero-order chi connectivity index (χ0) is 14.5. The van der Waals surface area contributed by atoms with Crippen molar-refractivity contribution in [2.24, 2.45) is 11.7 Å². The standard InChI is InChI=1S/C18H30N2/c1-4-16(19)13-15-10-6-8-12-18(15)20(3)17-11-7-5-9-14(17)2/h6,8,10,12,14,16-17H,4-5,7,9,11,13,19H2,1-3H3. The SMILES string of the molecule is CCC(N)Cc1ccccc1N(C)C1CCCCC1C. The lowest BCUT2D eigenvalue weighted by atomic mass is 9.84. The predicted molar refractivity (Wildman–Crippen MR) is 88.2 cm³/mol. The van der Waals surface area contributed by atoms with Crippen LogP contribution in [0.15, 0.2) is 24.3 Å². The van der Waals surface area contributed by atoms with Crippen LogP contribution >= 0.6 is 0 Å². The summed E-state index contributed by atoms with van der Waals surface area (Å²) in [6.45, 7) is 4.57. The van der Waals surface area contributed by atoms with E-state index in [-0.39, 0.29) is 6.04 Å². The van der Waals surface area contributed by atoms with Gasteiger partial charge >= 0.3 is 0 Å². The summed E-state index contributed by atoms with van der Waals surface area (Å²) in [6, 6.07) is 9.75. The zero-order valence-corrected chi connectivity index (χ0v) is 13.3. The molecule has 3 atom stereocenters. The highest BCUT2D eigenvalue weighted by molar-refractivity contribution is 5.54. The minimum Gasteiger partial charge on any atom is -0.371 e. The number of nitrogens with zero attached hydrogens (tertiary/aromatic N) is 1. The van der Waals surface area contributed by atoms with Gasteiger partial charge in [0.05, 0.1) is 0 Å². The minimum absolute atomic E-state index is 0.272. The fraction of sp³-hybridized carbons (Fsp3) is 0.667. The van der Waals surface area contributed by atoms with Gasteiger partial charge in [0, 0.05) is 24.8 Å². The van der Waals surface area contributed by atoms with Crippen molar-refractivity contribution in [3.8, 4) is 0 Å². The fourth-order valence-corrected chi connectivity index (χ4v) is 3.51. The lowest BCUT2D eigenvalue weighted by Crippen LogP contribution is -2.39. The van der Waals surface area contributed by atoms with Crippen LogP contribution in [0.5, 0.6) is 0 Å². The van der Waals surface area contributed by atoms with Crippen LogP contribution < -0.4 is 10.6 Å². The van der Waals surface area contributed by atoms with Gasteiger partial charge in [-0.25, -0.2) is 0 Å². The molecule has 0 aliphatic heterocycles. The van der Waals surface area contributed by atoms with Gasteiger partial charge in [-0.15, -0.1) is 0 Å². The average Bonchev–Trinajstić information content (AvgIpc) is 2.47. The molecule has 0 bridgehead atoms. The molecule has 0 aromatic heterocycles. The summed E-state index contributed by atoms with van der Waals surface area (Å²) in [4.78, 5) is 2.52. The third kappa shape index (κ3) is 3.54. The van der Waals surface area contributed by atoms with E-state index in [4.69, 9.17) is 5.73 Å². The summed E-state index contributed by atoms with van der Waals surface area (Å²) >= 11 is 0. The topological polar surface area (TPSA) is 29.3 Å². The number of hydrogen-bond donors (Lipinski definition) is 1. The molecule has 112 valence electrons. The quantitative estimate of drug-likeness (QED) is 0.880. The summed E-state index contributed by atoms with van der Waals surface area (Å²) in [5.74, 6) is 0.793. The van der Waals surface area contributed by atoms with E-state index in [1.807, 2.05) is 0 Å². The van der Waals surface area contributed by atoms with Gasteiger partial charge in [-0.3, -0.25) is 0 Å².